The van der Waals surface area contributed by atoms with E-state index in [9.17, 15) is 14.4 Å². The second kappa shape index (κ2) is 13.1. The predicted octanol–water partition coefficient (Wildman–Crippen LogP) is 4.31. The van der Waals surface area contributed by atoms with Gasteiger partial charge in [-0.15, -0.1) is 0 Å². The van der Waals surface area contributed by atoms with Gasteiger partial charge in [0, 0.05) is 62.6 Å². The molecule has 45 heavy (non-hydrogen) atoms. The van der Waals surface area contributed by atoms with E-state index in [-0.39, 0.29) is 18.0 Å². The van der Waals surface area contributed by atoms with Crippen LogP contribution in [-0.2, 0) is 30.7 Å². The molecule has 1 aromatic carbocycles. The maximum Gasteiger partial charge on any atom is 0.282 e. The summed E-state index contributed by atoms with van der Waals surface area (Å²) < 4.78 is 36.0. The zero-order valence-electron chi connectivity index (χ0n) is 26.0. The normalized spacial score (nSPS) is 22.2. The molecule has 12 heteroatoms. The van der Waals surface area contributed by atoms with Crippen molar-refractivity contribution in [1.82, 2.24) is 19.7 Å². The Labute approximate surface area is 268 Å². The minimum absolute atomic E-state index is 0.0710. The number of piperazine rings is 1. The second-order valence-electron chi connectivity index (χ2n) is 12.7. The zero-order valence-corrected chi connectivity index (χ0v) is 26.8. The summed E-state index contributed by atoms with van der Waals surface area (Å²) >= 11 is 6.43. The Morgan fingerprint density at radius 3 is 2.67 bits per heavy atom. The third kappa shape index (κ3) is 6.33. The zero-order chi connectivity index (χ0) is 31.8. The minimum Gasteiger partial charge on any atom is -0.476 e. The van der Waals surface area contributed by atoms with Gasteiger partial charge >= 0.3 is 0 Å². The van der Waals surface area contributed by atoms with Crippen LogP contribution in [0.4, 0.5) is 20.2 Å². The molecular weight excluding hydrogens is 600 g/mol. The third-order valence-corrected chi connectivity index (χ3v) is 10.0. The van der Waals surface area contributed by atoms with Gasteiger partial charge in [-0.05, 0) is 63.5 Å². The summed E-state index contributed by atoms with van der Waals surface area (Å²) in [4.78, 5) is 27.6. The number of fused-ring (bicyclic) bond motifs is 2. The number of halogens is 3. The number of rotatable bonds is 7. The van der Waals surface area contributed by atoms with Crippen LogP contribution in [0, 0.1) is 17.1 Å². The molecule has 0 bridgehead atoms. The van der Waals surface area contributed by atoms with Crippen LogP contribution in [0.2, 0.25) is 5.02 Å². The fraction of sp³-hybridized carbons (Fsp3) is 0.545. The highest BCUT2D eigenvalue weighted by Gasteiger charge is 2.35. The molecular formula is C33H40ClF2N7O2. The lowest BCUT2D eigenvalue weighted by molar-refractivity contribution is -0.131. The first kappa shape index (κ1) is 31.5. The summed E-state index contributed by atoms with van der Waals surface area (Å²) in [7, 11) is 4.14. The number of ether oxygens (including phenoxy) is 1. The van der Waals surface area contributed by atoms with Gasteiger partial charge in [0.1, 0.15) is 6.61 Å². The molecule has 9 nitrogen and oxygen atoms in total. The number of anilines is 2. The van der Waals surface area contributed by atoms with Crippen LogP contribution in [-0.4, -0.2) is 97.6 Å². The molecule has 2 atom stereocenters. The van der Waals surface area contributed by atoms with Gasteiger partial charge in [-0.1, -0.05) is 18.2 Å². The molecule has 1 aromatic heterocycles. The molecule has 240 valence electrons. The van der Waals surface area contributed by atoms with Crippen LogP contribution in [0.3, 0.4) is 0 Å². The first-order valence-electron chi connectivity index (χ1n) is 15.7. The van der Waals surface area contributed by atoms with Crippen LogP contribution >= 0.6 is 11.6 Å². The topological polar surface area (TPSA) is 79.2 Å². The van der Waals surface area contributed by atoms with Crippen molar-refractivity contribution >= 4 is 28.9 Å². The first-order chi connectivity index (χ1) is 21.6. The maximum atomic E-state index is 15.8. The van der Waals surface area contributed by atoms with E-state index in [1.807, 2.05) is 13.1 Å². The Bertz CT molecular complexity index is 1530. The van der Waals surface area contributed by atoms with Crippen LogP contribution in [0.5, 0.6) is 5.88 Å². The highest BCUT2D eigenvalue weighted by atomic mass is 35.5. The third-order valence-electron chi connectivity index (χ3n) is 9.77. The summed E-state index contributed by atoms with van der Waals surface area (Å²) in [6.45, 7) is 8.29. The van der Waals surface area contributed by atoms with Crippen molar-refractivity contribution in [3.05, 3.63) is 57.8 Å². The van der Waals surface area contributed by atoms with E-state index < -0.39 is 23.6 Å². The average molecular weight is 640 g/mol. The van der Waals surface area contributed by atoms with Crippen LogP contribution in [0.15, 0.2) is 24.5 Å². The molecule has 0 unspecified atom stereocenters. The molecule has 0 aliphatic carbocycles. The largest absolute Gasteiger partial charge is 0.476 e. The van der Waals surface area contributed by atoms with Gasteiger partial charge in [0.15, 0.2) is 11.6 Å². The number of nitrogens with zero attached hydrogens (tertiary/aromatic N) is 7. The lowest BCUT2D eigenvalue weighted by Gasteiger charge is -2.43. The summed E-state index contributed by atoms with van der Waals surface area (Å²) in [6.07, 6.45) is 3.68. The first-order valence-corrected chi connectivity index (χ1v) is 16.1. The molecule has 4 aliphatic rings. The van der Waals surface area contributed by atoms with Gasteiger partial charge in [-0.3, -0.25) is 4.79 Å². The van der Waals surface area contributed by atoms with Gasteiger partial charge in [0.05, 0.1) is 41.5 Å². The minimum atomic E-state index is -1.03. The summed E-state index contributed by atoms with van der Waals surface area (Å²) in [5, 5.41) is 9.66. The van der Waals surface area contributed by atoms with Gasteiger partial charge in [-0.25, -0.2) is 13.8 Å². The van der Waals surface area contributed by atoms with E-state index in [1.165, 1.54) is 4.90 Å². The van der Waals surface area contributed by atoms with E-state index in [0.29, 0.717) is 63.4 Å². The molecule has 5 heterocycles. The fourth-order valence-electron chi connectivity index (χ4n) is 7.28. The highest BCUT2D eigenvalue weighted by molar-refractivity contribution is 6.31. The van der Waals surface area contributed by atoms with Crippen molar-refractivity contribution in [2.24, 2.45) is 0 Å². The lowest BCUT2D eigenvalue weighted by Crippen LogP contribution is -2.55. The maximum absolute atomic E-state index is 15.8. The molecule has 1 amide bonds. The molecule has 0 radical (unpaired) electrons. The monoisotopic (exact) mass is 639 g/mol. The number of carbonyl (C=O) groups is 1. The molecule has 0 N–H and O–H groups in total. The Morgan fingerprint density at radius 2 is 1.93 bits per heavy atom. The molecule has 2 fully saturated rings. The quantitative estimate of drug-likeness (QED) is 0.415. The number of benzene rings is 1. The van der Waals surface area contributed by atoms with Crippen LogP contribution in [0.25, 0.3) is 0 Å². The van der Waals surface area contributed by atoms with Gasteiger partial charge < -0.3 is 29.2 Å². The number of likely N-dealkylation sites (tertiary alicyclic amines) is 1. The van der Waals surface area contributed by atoms with E-state index in [2.05, 4.69) is 39.3 Å². The van der Waals surface area contributed by atoms with Crippen molar-refractivity contribution in [2.45, 2.75) is 57.3 Å². The van der Waals surface area contributed by atoms with Gasteiger partial charge in [0.2, 0.25) is 5.88 Å². The number of hydrogen-bond acceptors (Lipinski definition) is 8. The van der Waals surface area contributed by atoms with Gasteiger partial charge in [-0.2, -0.15) is 5.26 Å². The molecule has 2 saturated heterocycles. The highest BCUT2D eigenvalue weighted by Crippen LogP contribution is 2.40. The number of amides is 1. The summed E-state index contributed by atoms with van der Waals surface area (Å²) in [5.74, 6) is -1.71. The Morgan fingerprint density at radius 1 is 1.11 bits per heavy atom. The standard InChI is InChI=1S/C33H40ClF2N7O2/c1-21(35)33(44)43-14-13-41(17-23(43)6-9-37)29-16-30(45-20-24-5-4-10-40(24)3)38-28-19-42(12-8-25(28)29)32-26-18-39(2)11-7-22(26)15-27(34)31(32)36/h15-16,23-24H,1,4-8,10-14,17-20H2,2-3H3/t23-,24-/m0/s1. The fourth-order valence-corrected chi connectivity index (χ4v) is 7.50. The Kier molecular flexibility index (Phi) is 9.18. The van der Waals surface area contributed by atoms with Crippen molar-refractivity contribution in [2.75, 3.05) is 69.8 Å². The number of likely N-dealkylation sites (N-methyl/N-ethyl adjacent to an activating group) is 2. The number of aromatic nitrogens is 1. The van der Waals surface area contributed by atoms with Crippen molar-refractivity contribution in [3.8, 4) is 11.9 Å². The molecule has 4 aliphatic heterocycles. The summed E-state index contributed by atoms with van der Waals surface area (Å²) in [5.41, 5.74) is 5.37. The Balaban J connectivity index is 1.34. The number of carbonyl (C=O) groups excluding carboxylic acids is 1. The lowest BCUT2D eigenvalue weighted by atomic mass is 9.95. The number of nitriles is 1. The second-order valence-corrected chi connectivity index (χ2v) is 13.1. The van der Waals surface area contributed by atoms with E-state index in [0.717, 1.165) is 60.4 Å². The molecule has 2 aromatic rings. The number of pyridine rings is 1. The molecule has 0 spiro atoms. The summed E-state index contributed by atoms with van der Waals surface area (Å²) in [6, 6.07) is 5.68. The average Bonchev–Trinajstić information content (AvgIpc) is 3.44. The van der Waals surface area contributed by atoms with E-state index in [1.54, 1.807) is 6.07 Å². The smallest absolute Gasteiger partial charge is 0.282 e. The van der Waals surface area contributed by atoms with Crippen molar-refractivity contribution in [3.63, 3.8) is 0 Å². The van der Waals surface area contributed by atoms with Crippen molar-refractivity contribution < 1.29 is 18.3 Å². The van der Waals surface area contributed by atoms with E-state index in [4.69, 9.17) is 21.3 Å². The molecule has 6 rings (SSSR count). The van der Waals surface area contributed by atoms with Gasteiger partial charge in [0.25, 0.3) is 5.91 Å². The Hall–Kier alpha value is -3.46. The number of hydrogen-bond donors (Lipinski definition) is 0. The molecule has 0 saturated carbocycles. The SMILES string of the molecule is C=C(F)C(=O)N1CCN(c2cc(OC[C@@H]3CCCN3C)nc3c2CCN(c2c(F)c(Cl)cc4c2CN(C)CC4)C3)C[C@@H]1CC#N. The van der Waals surface area contributed by atoms with Crippen molar-refractivity contribution in [1.29, 1.82) is 5.26 Å². The van der Waals surface area contributed by atoms with E-state index >= 15 is 4.39 Å². The predicted molar refractivity (Wildman–Crippen MR) is 170 cm³/mol. The van der Waals surface area contributed by atoms with Crippen LogP contribution in [0.1, 0.15) is 41.6 Å². The van der Waals surface area contributed by atoms with Crippen LogP contribution < -0.4 is 14.5 Å².